The number of ether oxygens (including phenoxy) is 1. The van der Waals surface area contributed by atoms with Crippen molar-refractivity contribution < 1.29 is 28.6 Å². The second-order valence-electron chi connectivity index (χ2n) is 7.31. The fourth-order valence-electron chi connectivity index (χ4n) is 3.24. The summed E-state index contributed by atoms with van der Waals surface area (Å²) < 4.78 is 18.6. The molecule has 0 aliphatic heterocycles. The van der Waals surface area contributed by atoms with Gasteiger partial charge in [-0.05, 0) is 42.3 Å². The fourth-order valence-corrected chi connectivity index (χ4v) is 3.24. The van der Waals surface area contributed by atoms with Gasteiger partial charge in [0.15, 0.2) is 0 Å². The summed E-state index contributed by atoms with van der Waals surface area (Å²) in [4.78, 5) is 36.5. The number of hydrogen-bond donors (Lipinski definition) is 2. The van der Waals surface area contributed by atoms with Gasteiger partial charge in [0.05, 0.1) is 12.3 Å². The van der Waals surface area contributed by atoms with E-state index in [0.29, 0.717) is 12.1 Å². The van der Waals surface area contributed by atoms with Crippen molar-refractivity contribution >= 4 is 29.8 Å². The third-order valence-corrected chi connectivity index (χ3v) is 5.02. The summed E-state index contributed by atoms with van der Waals surface area (Å²) in [5.41, 5.74) is 3.39. The summed E-state index contributed by atoms with van der Waals surface area (Å²) in [6.45, 7) is 1.71. The molecule has 3 aromatic rings. The van der Waals surface area contributed by atoms with Crippen LogP contribution in [0.2, 0.25) is 0 Å². The lowest BCUT2D eigenvalue weighted by molar-refractivity contribution is -0.139. The Labute approximate surface area is 190 Å². The van der Waals surface area contributed by atoms with Gasteiger partial charge in [0, 0.05) is 12.1 Å². The molecule has 170 valence electrons. The highest BCUT2D eigenvalue weighted by Gasteiger charge is 2.26. The van der Waals surface area contributed by atoms with Gasteiger partial charge in [0.2, 0.25) is 6.41 Å². The van der Waals surface area contributed by atoms with Gasteiger partial charge in [0.1, 0.15) is 11.9 Å². The number of hydrogen-bond acceptors (Lipinski definition) is 4. The van der Waals surface area contributed by atoms with Gasteiger partial charge in [-0.2, -0.15) is 0 Å². The van der Waals surface area contributed by atoms with Crippen molar-refractivity contribution in [2.45, 2.75) is 19.4 Å². The first-order chi connectivity index (χ1) is 15.9. The van der Waals surface area contributed by atoms with Crippen LogP contribution in [0.5, 0.6) is 0 Å². The Bertz CT molecular complexity index is 1120. The monoisotopic (exact) mass is 450 g/mol. The van der Waals surface area contributed by atoms with Gasteiger partial charge in [0.25, 0.3) is 0 Å². The number of rotatable bonds is 9. The molecular weight excluding hydrogens is 427 g/mol. The van der Waals surface area contributed by atoms with Crippen LogP contribution in [0.25, 0.3) is 11.1 Å². The summed E-state index contributed by atoms with van der Waals surface area (Å²) in [7, 11) is 0. The fraction of sp³-hybridized carbons (Fsp3) is 0.160. The number of amides is 2. The minimum absolute atomic E-state index is 0.0551. The van der Waals surface area contributed by atoms with Crippen molar-refractivity contribution in [2.24, 2.45) is 0 Å². The summed E-state index contributed by atoms with van der Waals surface area (Å²) in [6.07, 6.45) is -0.651. The van der Waals surface area contributed by atoms with E-state index in [0.717, 1.165) is 21.6 Å². The quantitative estimate of drug-likeness (QED) is 0.454. The van der Waals surface area contributed by atoms with E-state index in [1.54, 1.807) is 30.3 Å². The average molecular weight is 450 g/mol. The Hall–Kier alpha value is -4.20. The van der Waals surface area contributed by atoms with Crippen molar-refractivity contribution in [3.63, 3.8) is 0 Å². The number of aryl methyl sites for hydroxylation is 1. The molecule has 0 saturated heterocycles. The smallest absolute Gasteiger partial charge is 0.411 e. The predicted octanol–water partition coefficient (Wildman–Crippen LogP) is 4.86. The molecule has 0 saturated carbocycles. The lowest BCUT2D eigenvalue weighted by Crippen LogP contribution is -2.41. The number of nitrogens with zero attached hydrogens (tertiary/aromatic N) is 1. The lowest BCUT2D eigenvalue weighted by atomic mass is 10.0. The van der Waals surface area contributed by atoms with E-state index in [9.17, 15) is 23.9 Å². The average Bonchev–Trinajstić information content (AvgIpc) is 2.81. The molecule has 0 bridgehead atoms. The summed E-state index contributed by atoms with van der Waals surface area (Å²) in [5.74, 6) is -1.87. The van der Waals surface area contributed by atoms with Crippen molar-refractivity contribution in [1.82, 2.24) is 0 Å². The van der Waals surface area contributed by atoms with Crippen LogP contribution < -0.4 is 10.2 Å². The maximum absolute atomic E-state index is 13.6. The van der Waals surface area contributed by atoms with Crippen LogP contribution in [0, 0.1) is 12.7 Å². The van der Waals surface area contributed by atoms with Gasteiger partial charge in [-0.1, -0.05) is 54.1 Å². The topological polar surface area (TPSA) is 95.9 Å². The zero-order valence-corrected chi connectivity index (χ0v) is 17.9. The highest BCUT2D eigenvalue weighted by Crippen LogP contribution is 2.25. The molecule has 0 aliphatic carbocycles. The van der Waals surface area contributed by atoms with Crippen molar-refractivity contribution in [2.75, 3.05) is 16.8 Å². The normalized spacial score (nSPS) is 11.3. The van der Waals surface area contributed by atoms with Gasteiger partial charge in [-0.3, -0.25) is 10.1 Å². The zero-order chi connectivity index (χ0) is 23.8. The van der Waals surface area contributed by atoms with E-state index in [1.165, 1.54) is 18.2 Å². The summed E-state index contributed by atoms with van der Waals surface area (Å²) >= 11 is 0. The first kappa shape index (κ1) is 23.5. The lowest BCUT2D eigenvalue weighted by Gasteiger charge is -2.25. The van der Waals surface area contributed by atoms with Crippen LogP contribution in [-0.4, -0.2) is 36.2 Å². The molecule has 3 aromatic carbocycles. The van der Waals surface area contributed by atoms with Crippen molar-refractivity contribution in [3.8, 4) is 11.1 Å². The minimum Gasteiger partial charge on any atom is -0.480 e. The molecule has 2 N–H and O–H groups in total. The maximum Gasteiger partial charge on any atom is 0.411 e. The zero-order valence-electron chi connectivity index (χ0n) is 17.9. The molecule has 0 aromatic heterocycles. The number of para-hydroxylation sites is 1. The summed E-state index contributed by atoms with van der Waals surface area (Å²) in [6, 6.07) is 19.2. The Morgan fingerprint density at radius 3 is 2.21 bits per heavy atom. The van der Waals surface area contributed by atoms with E-state index in [4.69, 9.17) is 4.74 Å². The highest BCUT2D eigenvalue weighted by molar-refractivity contribution is 5.88. The third-order valence-electron chi connectivity index (χ3n) is 5.02. The number of carbonyl (C=O) groups excluding carboxylic acids is 2. The third kappa shape index (κ3) is 6.16. The highest BCUT2D eigenvalue weighted by atomic mass is 19.1. The number of halogens is 1. The molecule has 0 aliphatic rings. The van der Waals surface area contributed by atoms with Gasteiger partial charge >= 0.3 is 12.1 Å². The van der Waals surface area contributed by atoms with E-state index >= 15 is 0 Å². The molecular formula is C25H23FN2O5. The van der Waals surface area contributed by atoms with Gasteiger partial charge in [-0.15, -0.1) is 0 Å². The largest absolute Gasteiger partial charge is 0.480 e. The Balaban J connectivity index is 1.64. The number of nitrogens with one attached hydrogen (secondary N) is 1. The SMILES string of the molecule is Cc1ccc(-c2ccc(N(C=O)[C@@H](CCOC(=O)Nc3ccccc3F)C(=O)O)cc2)cc1. The first-order valence-electron chi connectivity index (χ1n) is 10.2. The molecule has 8 heteroatoms. The summed E-state index contributed by atoms with van der Waals surface area (Å²) in [5, 5.41) is 11.9. The molecule has 0 spiro atoms. The number of carbonyl (C=O) groups is 3. The number of benzene rings is 3. The Kier molecular flexibility index (Phi) is 7.75. The van der Waals surface area contributed by atoms with Crippen molar-refractivity contribution in [1.29, 1.82) is 0 Å². The Morgan fingerprint density at radius 1 is 1.03 bits per heavy atom. The Morgan fingerprint density at radius 2 is 1.64 bits per heavy atom. The molecule has 0 heterocycles. The predicted molar refractivity (Wildman–Crippen MR) is 123 cm³/mol. The minimum atomic E-state index is -1.26. The van der Waals surface area contributed by atoms with Crippen LogP contribution in [0.15, 0.2) is 72.8 Å². The standard InChI is InChI=1S/C25H23FN2O5/c1-17-6-8-18(9-7-17)19-10-12-20(13-11-19)28(16-29)23(24(30)31)14-15-33-25(32)27-22-5-3-2-4-21(22)26/h2-13,16,23H,14-15H2,1H3,(H,27,32)(H,30,31)/t23-/m0/s1. The molecule has 0 unspecified atom stereocenters. The molecule has 33 heavy (non-hydrogen) atoms. The number of carboxylic acids is 1. The molecule has 0 fully saturated rings. The van der Waals surface area contributed by atoms with Crippen LogP contribution >= 0.6 is 0 Å². The molecule has 2 amide bonds. The number of carboxylic acid groups (broad SMARTS) is 1. The van der Waals surface area contributed by atoms with Crippen molar-refractivity contribution in [3.05, 3.63) is 84.2 Å². The van der Waals surface area contributed by atoms with Crippen LogP contribution in [-0.2, 0) is 14.3 Å². The molecule has 0 radical (unpaired) electrons. The second-order valence-corrected chi connectivity index (χ2v) is 7.31. The first-order valence-corrected chi connectivity index (χ1v) is 10.2. The van der Waals surface area contributed by atoms with E-state index in [-0.39, 0.29) is 18.7 Å². The van der Waals surface area contributed by atoms with E-state index in [2.05, 4.69) is 5.32 Å². The van der Waals surface area contributed by atoms with Crippen LogP contribution in [0.1, 0.15) is 12.0 Å². The molecule has 3 rings (SSSR count). The van der Waals surface area contributed by atoms with Crippen LogP contribution in [0.4, 0.5) is 20.6 Å². The number of aliphatic carboxylic acids is 1. The second kappa shape index (κ2) is 10.9. The van der Waals surface area contributed by atoms with Gasteiger partial charge in [-0.25, -0.2) is 14.0 Å². The number of anilines is 2. The van der Waals surface area contributed by atoms with E-state index in [1.807, 2.05) is 31.2 Å². The van der Waals surface area contributed by atoms with Gasteiger partial charge < -0.3 is 14.7 Å². The molecule has 7 nitrogen and oxygen atoms in total. The van der Waals surface area contributed by atoms with Crippen LogP contribution in [0.3, 0.4) is 0 Å². The molecule has 1 atom stereocenters. The maximum atomic E-state index is 13.6. The van der Waals surface area contributed by atoms with E-state index < -0.39 is 23.9 Å².